The molecule has 0 fully saturated rings. The molecule has 1 heterocycles. The fraction of sp³-hybridized carbons (Fsp3) is 0.500. The topological polar surface area (TPSA) is 93.8 Å². The third kappa shape index (κ3) is 1.20. The molecule has 68 valence electrons. The first-order valence-electron chi connectivity index (χ1n) is 3.87. The van der Waals surface area contributed by atoms with Gasteiger partial charge in [0.1, 0.15) is 11.6 Å². The molecule has 0 atom stereocenters. The molecule has 0 amide bonds. The molecule has 0 radical (unpaired) electrons. The number of nitrogens with two attached hydrogens (primary N) is 3. The molecule has 0 aliphatic heterocycles. The van der Waals surface area contributed by atoms with E-state index in [1.165, 1.54) is 0 Å². The normalized spacial score (nSPS) is 11.9. The number of hydrogen-bond acceptors (Lipinski definition) is 3. The summed E-state index contributed by atoms with van der Waals surface area (Å²) in [6, 6.07) is 0. The van der Waals surface area contributed by atoms with Crippen molar-refractivity contribution in [1.29, 1.82) is 0 Å². The van der Waals surface area contributed by atoms with Crippen molar-refractivity contribution >= 4 is 17.3 Å². The van der Waals surface area contributed by atoms with Crippen LogP contribution in [-0.4, -0.2) is 4.98 Å². The van der Waals surface area contributed by atoms with Crippen LogP contribution < -0.4 is 17.2 Å². The van der Waals surface area contributed by atoms with Crippen molar-refractivity contribution in [2.45, 2.75) is 26.2 Å². The van der Waals surface area contributed by atoms with Gasteiger partial charge in [0.2, 0.25) is 0 Å². The molecule has 1 aromatic heterocycles. The van der Waals surface area contributed by atoms with E-state index in [1.54, 1.807) is 0 Å². The van der Waals surface area contributed by atoms with E-state index in [0.29, 0.717) is 17.3 Å². The maximum Gasteiger partial charge on any atom is 0.126 e. The highest BCUT2D eigenvalue weighted by Gasteiger charge is 2.23. The number of nitrogens with one attached hydrogen (secondary N) is 1. The van der Waals surface area contributed by atoms with Crippen LogP contribution in [-0.2, 0) is 5.41 Å². The second kappa shape index (κ2) is 2.33. The SMILES string of the molecule is CC(C)(C)c1c(N)[nH]c(N)c1N. The Morgan fingerprint density at radius 3 is 1.67 bits per heavy atom. The van der Waals surface area contributed by atoms with Gasteiger partial charge in [0.05, 0.1) is 5.69 Å². The van der Waals surface area contributed by atoms with Crippen molar-refractivity contribution < 1.29 is 0 Å². The lowest BCUT2D eigenvalue weighted by Crippen LogP contribution is -2.14. The number of aromatic nitrogens is 1. The highest BCUT2D eigenvalue weighted by molar-refractivity contribution is 5.74. The molecule has 0 saturated heterocycles. The number of nitrogen functional groups attached to an aromatic ring is 3. The van der Waals surface area contributed by atoms with Crippen LogP contribution in [0, 0.1) is 0 Å². The highest BCUT2D eigenvalue weighted by atomic mass is 15.0. The first kappa shape index (κ1) is 8.77. The van der Waals surface area contributed by atoms with E-state index >= 15 is 0 Å². The molecule has 4 nitrogen and oxygen atoms in total. The monoisotopic (exact) mass is 168 g/mol. The highest BCUT2D eigenvalue weighted by Crippen LogP contribution is 2.35. The Labute approximate surface area is 72.1 Å². The maximum absolute atomic E-state index is 5.75. The van der Waals surface area contributed by atoms with Gasteiger partial charge in [-0.05, 0) is 5.41 Å². The Kier molecular flexibility index (Phi) is 1.71. The minimum absolute atomic E-state index is 0.0672. The zero-order chi connectivity index (χ0) is 9.52. The summed E-state index contributed by atoms with van der Waals surface area (Å²) in [6.07, 6.45) is 0. The van der Waals surface area contributed by atoms with Crippen molar-refractivity contribution in [3.63, 3.8) is 0 Å². The Hall–Kier alpha value is -1.32. The van der Waals surface area contributed by atoms with Gasteiger partial charge in [-0.2, -0.15) is 0 Å². The van der Waals surface area contributed by atoms with Crippen molar-refractivity contribution in [2.24, 2.45) is 0 Å². The third-order valence-electron chi connectivity index (χ3n) is 1.85. The van der Waals surface area contributed by atoms with Crippen LogP contribution in [0.5, 0.6) is 0 Å². The lowest BCUT2D eigenvalue weighted by atomic mass is 9.87. The summed E-state index contributed by atoms with van der Waals surface area (Å²) < 4.78 is 0. The second-order valence-corrected chi connectivity index (χ2v) is 3.99. The number of H-pyrrole nitrogens is 1. The van der Waals surface area contributed by atoms with E-state index in [0.717, 1.165) is 5.56 Å². The Balaban J connectivity index is 3.32. The standard InChI is InChI=1S/C8H16N4/c1-8(2,3)4-5(9)7(11)12-6(4)10/h12H,9-11H2,1-3H3. The van der Waals surface area contributed by atoms with Gasteiger partial charge in [0.15, 0.2) is 0 Å². The van der Waals surface area contributed by atoms with E-state index in [-0.39, 0.29) is 5.41 Å². The summed E-state index contributed by atoms with van der Waals surface area (Å²) in [4.78, 5) is 2.81. The average molecular weight is 168 g/mol. The predicted octanol–water partition coefficient (Wildman–Crippen LogP) is 1.06. The van der Waals surface area contributed by atoms with E-state index in [9.17, 15) is 0 Å². The predicted molar refractivity (Wildman–Crippen MR) is 52.7 cm³/mol. The molecule has 0 saturated carbocycles. The van der Waals surface area contributed by atoms with Crippen LogP contribution in [0.4, 0.5) is 17.3 Å². The Morgan fingerprint density at radius 1 is 1.00 bits per heavy atom. The lowest BCUT2D eigenvalue weighted by molar-refractivity contribution is 0.595. The molecular weight excluding hydrogens is 152 g/mol. The van der Waals surface area contributed by atoms with Gasteiger partial charge in [-0.25, -0.2) is 0 Å². The van der Waals surface area contributed by atoms with Crippen LogP contribution in [0.25, 0.3) is 0 Å². The summed E-state index contributed by atoms with van der Waals surface area (Å²) >= 11 is 0. The van der Waals surface area contributed by atoms with Crippen LogP contribution in [0.1, 0.15) is 26.3 Å². The lowest BCUT2D eigenvalue weighted by Gasteiger charge is -2.18. The van der Waals surface area contributed by atoms with E-state index < -0.39 is 0 Å². The molecule has 0 unspecified atom stereocenters. The summed E-state index contributed by atoms with van der Waals surface area (Å²) in [5.41, 5.74) is 18.4. The Morgan fingerprint density at radius 2 is 1.50 bits per heavy atom. The minimum Gasteiger partial charge on any atom is -0.395 e. The molecule has 0 bridgehead atoms. The van der Waals surface area contributed by atoms with Gasteiger partial charge in [0, 0.05) is 5.56 Å². The van der Waals surface area contributed by atoms with Crippen molar-refractivity contribution in [3.05, 3.63) is 5.56 Å². The zero-order valence-corrected chi connectivity index (χ0v) is 7.73. The first-order valence-corrected chi connectivity index (χ1v) is 3.87. The molecule has 12 heavy (non-hydrogen) atoms. The summed E-state index contributed by atoms with van der Waals surface area (Å²) in [5.74, 6) is 1.02. The van der Waals surface area contributed by atoms with Gasteiger partial charge in [0.25, 0.3) is 0 Å². The summed E-state index contributed by atoms with van der Waals surface area (Å²) in [6.45, 7) is 6.13. The van der Waals surface area contributed by atoms with Crippen LogP contribution in [0.2, 0.25) is 0 Å². The van der Waals surface area contributed by atoms with Crippen LogP contribution in [0.3, 0.4) is 0 Å². The quantitative estimate of drug-likeness (QED) is 0.466. The maximum atomic E-state index is 5.75. The second-order valence-electron chi connectivity index (χ2n) is 3.99. The average Bonchev–Trinajstić information content (AvgIpc) is 2.05. The molecule has 0 aliphatic carbocycles. The zero-order valence-electron chi connectivity index (χ0n) is 7.73. The van der Waals surface area contributed by atoms with Crippen molar-refractivity contribution in [2.75, 3.05) is 17.2 Å². The number of rotatable bonds is 0. The van der Waals surface area contributed by atoms with E-state index in [2.05, 4.69) is 4.98 Å². The van der Waals surface area contributed by atoms with Crippen molar-refractivity contribution in [3.8, 4) is 0 Å². The number of aromatic amines is 1. The van der Waals surface area contributed by atoms with E-state index in [4.69, 9.17) is 17.2 Å². The van der Waals surface area contributed by atoms with Crippen LogP contribution in [0.15, 0.2) is 0 Å². The van der Waals surface area contributed by atoms with E-state index in [1.807, 2.05) is 20.8 Å². The molecule has 0 spiro atoms. The van der Waals surface area contributed by atoms with Gasteiger partial charge < -0.3 is 22.2 Å². The van der Waals surface area contributed by atoms with Crippen LogP contribution >= 0.6 is 0 Å². The number of hydrogen-bond donors (Lipinski definition) is 4. The van der Waals surface area contributed by atoms with Gasteiger partial charge in [-0.15, -0.1) is 0 Å². The fourth-order valence-electron chi connectivity index (χ4n) is 1.36. The molecule has 7 N–H and O–H groups in total. The van der Waals surface area contributed by atoms with Gasteiger partial charge >= 0.3 is 0 Å². The molecule has 4 heteroatoms. The number of anilines is 3. The molecular formula is C8H16N4. The Bertz CT molecular complexity index is 293. The molecule has 1 rings (SSSR count). The van der Waals surface area contributed by atoms with Crippen molar-refractivity contribution in [1.82, 2.24) is 4.98 Å². The minimum atomic E-state index is -0.0672. The third-order valence-corrected chi connectivity index (χ3v) is 1.85. The largest absolute Gasteiger partial charge is 0.395 e. The summed E-state index contributed by atoms with van der Waals surface area (Å²) in [5, 5.41) is 0. The fourth-order valence-corrected chi connectivity index (χ4v) is 1.36. The van der Waals surface area contributed by atoms with Gasteiger partial charge in [-0.3, -0.25) is 0 Å². The smallest absolute Gasteiger partial charge is 0.126 e. The summed E-state index contributed by atoms with van der Waals surface area (Å²) in [7, 11) is 0. The molecule has 1 aromatic rings. The van der Waals surface area contributed by atoms with Gasteiger partial charge in [-0.1, -0.05) is 20.8 Å². The molecule has 0 aliphatic rings. The first-order chi connectivity index (χ1) is 5.34. The molecule has 0 aromatic carbocycles.